The number of nitrogens with zero attached hydrogens (tertiary/aromatic N) is 1. The highest BCUT2D eigenvalue weighted by Crippen LogP contribution is 2.29. The van der Waals surface area contributed by atoms with Crippen LogP contribution in [0.5, 0.6) is 0 Å². The van der Waals surface area contributed by atoms with Gasteiger partial charge in [0.1, 0.15) is 0 Å². The Bertz CT molecular complexity index is 1330. The summed E-state index contributed by atoms with van der Waals surface area (Å²) < 4.78 is 27.7. The molecule has 1 saturated heterocycles. The van der Waals surface area contributed by atoms with E-state index in [0.29, 0.717) is 22.8 Å². The summed E-state index contributed by atoms with van der Waals surface area (Å²) in [6.07, 6.45) is 0.676. The molecule has 0 spiro atoms. The number of benzene rings is 3. The zero-order chi connectivity index (χ0) is 25.0. The van der Waals surface area contributed by atoms with E-state index in [4.69, 9.17) is 11.6 Å². The van der Waals surface area contributed by atoms with Crippen LogP contribution in [0.2, 0.25) is 5.02 Å². The Kier molecular flexibility index (Phi) is 7.54. The average Bonchev–Trinajstić information content (AvgIpc) is 3.23. The molecule has 0 bridgehead atoms. The smallest absolute Gasteiger partial charge is 0.240 e. The van der Waals surface area contributed by atoms with E-state index in [0.717, 1.165) is 11.1 Å². The van der Waals surface area contributed by atoms with E-state index in [1.165, 1.54) is 24.3 Å². The summed E-state index contributed by atoms with van der Waals surface area (Å²) in [5.41, 5.74) is 3.08. The molecule has 1 heterocycles. The lowest BCUT2D eigenvalue weighted by molar-refractivity contribution is -0.122. The second-order valence-electron chi connectivity index (χ2n) is 8.49. The molecule has 0 aromatic heterocycles. The lowest BCUT2D eigenvalue weighted by Gasteiger charge is -2.17. The van der Waals surface area contributed by atoms with Crippen LogP contribution in [0.3, 0.4) is 0 Å². The van der Waals surface area contributed by atoms with Crippen molar-refractivity contribution >= 4 is 44.8 Å². The maximum atomic E-state index is 12.8. The summed E-state index contributed by atoms with van der Waals surface area (Å²) in [6, 6.07) is 21.0. The number of hydrogen-bond donors (Lipinski definition) is 2. The van der Waals surface area contributed by atoms with Gasteiger partial charge >= 0.3 is 0 Å². The van der Waals surface area contributed by atoms with Crippen molar-refractivity contribution in [3.63, 3.8) is 0 Å². The Morgan fingerprint density at radius 1 is 1.06 bits per heavy atom. The number of aryl methyl sites for hydroxylation is 1. The van der Waals surface area contributed by atoms with E-state index in [1.54, 1.807) is 11.0 Å². The molecule has 3 aromatic carbocycles. The van der Waals surface area contributed by atoms with Crippen LogP contribution in [0.1, 0.15) is 17.5 Å². The van der Waals surface area contributed by atoms with Crippen LogP contribution in [0.4, 0.5) is 11.4 Å². The number of hydrogen-bond acceptors (Lipinski definition) is 4. The predicted molar refractivity (Wildman–Crippen MR) is 137 cm³/mol. The van der Waals surface area contributed by atoms with E-state index >= 15 is 0 Å². The van der Waals surface area contributed by atoms with E-state index in [9.17, 15) is 18.0 Å². The van der Waals surface area contributed by atoms with Crippen molar-refractivity contribution in [1.29, 1.82) is 0 Å². The zero-order valence-electron chi connectivity index (χ0n) is 19.2. The van der Waals surface area contributed by atoms with Crippen molar-refractivity contribution in [1.82, 2.24) is 4.72 Å². The standard InChI is InChI=1S/C26H26ClN3O4S/c1-18-7-10-22(16-24(18)27)30-17-20(15-25(30)31)26(32)29-21-8-11-23(12-9-21)35(33,34)28-14-13-19-5-3-2-4-6-19/h2-12,16,20,28H,13-15,17H2,1H3,(H,29,32). The second-order valence-corrected chi connectivity index (χ2v) is 10.7. The Morgan fingerprint density at radius 3 is 2.46 bits per heavy atom. The predicted octanol–water partition coefficient (Wildman–Crippen LogP) is 4.16. The summed E-state index contributed by atoms with van der Waals surface area (Å²) >= 11 is 6.18. The van der Waals surface area contributed by atoms with E-state index in [-0.39, 0.29) is 36.2 Å². The van der Waals surface area contributed by atoms with Crippen LogP contribution < -0.4 is 14.9 Å². The van der Waals surface area contributed by atoms with Crippen LogP contribution in [0.25, 0.3) is 0 Å². The van der Waals surface area contributed by atoms with Crippen LogP contribution in [0.15, 0.2) is 77.7 Å². The molecule has 2 N–H and O–H groups in total. The van der Waals surface area contributed by atoms with Gasteiger partial charge < -0.3 is 10.2 Å². The van der Waals surface area contributed by atoms with Gasteiger partial charge in [0.25, 0.3) is 0 Å². The fraction of sp³-hybridized carbons (Fsp3) is 0.231. The Hall–Kier alpha value is -3.20. The van der Waals surface area contributed by atoms with Crippen molar-refractivity contribution in [3.05, 3.63) is 88.9 Å². The number of anilines is 2. The Morgan fingerprint density at radius 2 is 1.77 bits per heavy atom. The second kappa shape index (κ2) is 10.6. The van der Waals surface area contributed by atoms with Gasteiger partial charge in [-0.15, -0.1) is 0 Å². The number of carbonyl (C=O) groups is 2. The number of rotatable bonds is 8. The first-order valence-corrected chi connectivity index (χ1v) is 13.1. The molecule has 35 heavy (non-hydrogen) atoms. The quantitative estimate of drug-likeness (QED) is 0.474. The first kappa shape index (κ1) is 24.9. The van der Waals surface area contributed by atoms with Gasteiger partial charge in [-0.1, -0.05) is 48.0 Å². The fourth-order valence-electron chi connectivity index (χ4n) is 3.90. The van der Waals surface area contributed by atoms with Gasteiger partial charge in [0.2, 0.25) is 21.8 Å². The number of nitrogens with one attached hydrogen (secondary N) is 2. The monoisotopic (exact) mass is 511 g/mol. The third kappa shape index (κ3) is 6.08. The molecule has 1 atom stereocenters. The molecular weight excluding hydrogens is 486 g/mol. The molecule has 1 aliphatic rings. The summed E-state index contributed by atoms with van der Waals surface area (Å²) in [4.78, 5) is 26.9. The normalized spacial score (nSPS) is 15.9. The summed E-state index contributed by atoms with van der Waals surface area (Å²) in [6.45, 7) is 2.41. The van der Waals surface area contributed by atoms with E-state index in [2.05, 4.69) is 10.0 Å². The Labute approximate surface area is 210 Å². The van der Waals surface area contributed by atoms with Crippen molar-refractivity contribution in [2.24, 2.45) is 5.92 Å². The van der Waals surface area contributed by atoms with Gasteiger partial charge in [0.05, 0.1) is 10.8 Å². The maximum absolute atomic E-state index is 12.8. The van der Waals surface area contributed by atoms with Gasteiger partial charge in [0.15, 0.2) is 0 Å². The summed E-state index contributed by atoms with van der Waals surface area (Å²) in [7, 11) is -3.67. The molecular formula is C26H26ClN3O4S. The number of carbonyl (C=O) groups excluding carboxylic acids is 2. The largest absolute Gasteiger partial charge is 0.326 e. The molecule has 1 fully saturated rings. The van der Waals surface area contributed by atoms with E-state index in [1.807, 2.05) is 49.4 Å². The molecule has 1 unspecified atom stereocenters. The lowest BCUT2D eigenvalue weighted by Crippen LogP contribution is -2.28. The van der Waals surface area contributed by atoms with Gasteiger partial charge in [-0.2, -0.15) is 0 Å². The van der Waals surface area contributed by atoms with Gasteiger partial charge in [0, 0.05) is 35.9 Å². The first-order valence-electron chi connectivity index (χ1n) is 11.2. The lowest BCUT2D eigenvalue weighted by atomic mass is 10.1. The number of amides is 2. The van der Waals surface area contributed by atoms with Crippen LogP contribution >= 0.6 is 11.6 Å². The minimum absolute atomic E-state index is 0.0924. The first-order chi connectivity index (χ1) is 16.7. The topological polar surface area (TPSA) is 95.6 Å². The summed E-state index contributed by atoms with van der Waals surface area (Å²) in [5.74, 6) is -0.964. The molecule has 9 heteroatoms. The third-order valence-electron chi connectivity index (χ3n) is 5.94. The van der Waals surface area contributed by atoms with Crippen LogP contribution in [0, 0.1) is 12.8 Å². The van der Waals surface area contributed by atoms with Gasteiger partial charge in [-0.25, -0.2) is 13.1 Å². The molecule has 7 nitrogen and oxygen atoms in total. The number of sulfonamides is 1. The molecule has 3 aromatic rings. The SMILES string of the molecule is Cc1ccc(N2CC(C(=O)Nc3ccc(S(=O)(=O)NCCc4ccccc4)cc3)CC2=O)cc1Cl. The van der Waals surface area contributed by atoms with Crippen LogP contribution in [-0.4, -0.2) is 33.3 Å². The molecule has 0 saturated carbocycles. The van der Waals surface area contributed by atoms with Gasteiger partial charge in [-0.3, -0.25) is 9.59 Å². The highest BCUT2D eigenvalue weighted by molar-refractivity contribution is 7.89. The highest BCUT2D eigenvalue weighted by atomic mass is 35.5. The fourth-order valence-corrected chi connectivity index (χ4v) is 5.11. The van der Waals surface area contributed by atoms with Crippen molar-refractivity contribution in [3.8, 4) is 0 Å². The van der Waals surface area contributed by atoms with Gasteiger partial charge in [-0.05, 0) is 60.9 Å². The molecule has 0 aliphatic carbocycles. The van der Waals surface area contributed by atoms with Crippen molar-refractivity contribution in [2.75, 3.05) is 23.3 Å². The van der Waals surface area contributed by atoms with E-state index < -0.39 is 15.9 Å². The minimum Gasteiger partial charge on any atom is -0.326 e. The molecule has 182 valence electrons. The molecule has 4 rings (SSSR count). The third-order valence-corrected chi connectivity index (χ3v) is 7.83. The number of halogens is 1. The highest BCUT2D eigenvalue weighted by Gasteiger charge is 2.35. The molecule has 1 aliphatic heterocycles. The maximum Gasteiger partial charge on any atom is 0.240 e. The molecule has 2 amide bonds. The van der Waals surface area contributed by atoms with Crippen molar-refractivity contribution < 1.29 is 18.0 Å². The van der Waals surface area contributed by atoms with Crippen molar-refractivity contribution in [2.45, 2.75) is 24.7 Å². The Balaban J connectivity index is 1.33. The zero-order valence-corrected chi connectivity index (χ0v) is 20.8. The minimum atomic E-state index is -3.67. The van der Waals surface area contributed by atoms with Crippen LogP contribution in [-0.2, 0) is 26.0 Å². The summed E-state index contributed by atoms with van der Waals surface area (Å²) in [5, 5.41) is 3.34. The average molecular weight is 512 g/mol. The molecule has 0 radical (unpaired) electrons.